The van der Waals surface area contributed by atoms with Crippen LogP contribution in [0.3, 0.4) is 0 Å². The molecular weight excluding hydrogens is 218 g/mol. The number of aromatic nitrogens is 3. The van der Waals surface area contributed by atoms with Crippen LogP contribution in [0.25, 0.3) is 5.65 Å². The van der Waals surface area contributed by atoms with Crippen LogP contribution in [0.15, 0.2) is 10.9 Å². The normalized spacial score (nSPS) is 11.6. The molecule has 0 saturated heterocycles. The maximum Gasteiger partial charge on any atom is 0.254 e. The second-order valence-corrected chi connectivity index (χ2v) is 4.51. The molecule has 17 heavy (non-hydrogen) atoms. The van der Waals surface area contributed by atoms with Gasteiger partial charge in [-0.05, 0) is 12.8 Å². The summed E-state index contributed by atoms with van der Waals surface area (Å²) in [6.07, 6.45) is 0.355. The van der Waals surface area contributed by atoms with E-state index in [0.717, 1.165) is 11.4 Å². The first-order chi connectivity index (χ1) is 8.04. The Labute approximate surface area is 99.1 Å². The number of nitrogens with zero attached hydrogens (tertiary/aromatic N) is 2. The molecular formula is C12H17N3O2. The van der Waals surface area contributed by atoms with E-state index in [2.05, 4.69) is 23.9 Å². The summed E-state index contributed by atoms with van der Waals surface area (Å²) in [5.74, 6) is 0.319. The van der Waals surface area contributed by atoms with Crippen LogP contribution in [0.2, 0.25) is 0 Å². The number of nitrogens with one attached hydrogen (secondary N) is 1. The number of hydrogen-bond donors (Lipinski definition) is 2. The Balaban J connectivity index is 2.69. The van der Waals surface area contributed by atoms with Crippen LogP contribution in [0.5, 0.6) is 0 Å². The Morgan fingerprint density at radius 3 is 2.82 bits per heavy atom. The zero-order chi connectivity index (χ0) is 12.6. The van der Waals surface area contributed by atoms with Crippen molar-refractivity contribution in [3.63, 3.8) is 0 Å². The molecule has 0 atom stereocenters. The molecule has 0 bridgehead atoms. The molecule has 0 aliphatic rings. The molecule has 2 heterocycles. The smallest absolute Gasteiger partial charge is 0.254 e. The largest absolute Gasteiger partial charge is 0.396 e. The van der Waals surface area contributed by atoms with Crippen LogP contribution >= 0.6 is 0 Å². The van der Waals surface area contributed by atoms with Crippen molar-refractivity contribution < 1.29 is 5.11 Å². The van der Waals surface area contributed by atoms with Gasteiger partial charge < -0.3 is 10.1 Å². The lowest BCUT2D eigenvalue weighted by atomic mass is 10.1. The number of fused-ring (bicyclic) bond motifs is 1. The van der Waals surface area contributed by atoms with Gasteiger partial charge in [-0.1, -0.05) is 13.8 Å². The molecule has 0 saturated carbocycles. The molecule has 0 aliphatic heterocycles. The van der Waals surface area contributed by atoms with E-state index in [0.29, 0.717) is 23.5 Å². The lowest BCUT2D eigenvalue weighted by molar-refractivity contribution is 0.298. The van der Waals surface area contributed by atoms with Gasteiger partial charge >= 0.3 is 0 Å². The molecule has 0 radical (unpaired) electrons. The summed E-state index contributed by atoms with van der Waals surface area (Å²) in [4.78, 5) is 14.6. The Hall–Kier alpha value is -1.62. The zero-order valence-electron chi connectivity index (χ0n) is 10.3. The van der Waals surface area contributed by atoms with Crippen LogP contribution in [0.4, 0.5) is 0 Å². The summed E-state index contributed by atoms with van der Waals surface area (Å²) < 4.78 is 1.74. The fourth-order valence-electron chi connectivity index (χ4n) is 1.92. The number of H-pyrrole nitrogens is 1. The fraction of sp³-hybridized carbons (Fsp3) is 0.500. The van der Waals surface area contributed by atoms with E-state index in [-0.39, 0.29) is 12.2 Å². The minimum Gasteiger partial charge on any atom is -0.396 e. The molecule has 0 unspecified atom stereocenters. The topological polar surface area (TPSA) is 70.4 Å². The van der Waals surface area contributed by atoms with Crippen LogP contribution in [-0.2, 0) is 6.42 Å². The number of aryl methyl sites for hydroxylation is 1. The highest BCUT2D eigenvalue weighted by molar-refractivity contribution is 5.42. The fourth-order valence-corrected chi connectivity index (χ4v) is 1.92. The van der Waals surface area contributed by atoms with E-state index in [1.807, 2.05) is 13.0 Å². The highest BCUT2D eigenvalue weighted by Crippen LogP contribution is 2.15. The average Bonchev–Trinajstić information content (AvgIpc) is 2.68. The van der Waals surface area contributed by atoms with E-state index < -0.39 is 0 Å². The Morgan fingerprint density at radius 1 is 1.53 bits per heavy atom. The minimum atomic E-state index is -0.140. The third-order valence-electron chi connectivity index (χ3n) is 2.95. The first-order valence-corrected chi connectivity index (χ1v) is 5.77. The highest BCUT2D eigenvalue weighted by atomic mass is 16.3. The van der Waals surface area contributed by atoms with Crippen molar-refractivity contribution in [1.29, 1.82) is 0 Å². The van der Waals surface area contributed by atoms with Crippen molar-refractivity contribution in [2.24, 2.45) is 0 Å². The summed E-state index contributed by atoms with van der Waals surface area (Å²) in [7, 11) is 0. The standard InChI is InChI=1S/C12H17N3O2/c1-7(2)10-6-11-13-12(17)9(4-5-16)8(3)15(11)14-10/h6-7,16H,4-5H2,1-3H3,(H,13,17). The van der Waals surface area contributed by atoms with E-state index in [9.17, 15) is 4.79 Å². The van der Waals surface area contributed by atoms with Crippen LogP contribution in [0, 0.1) is 6.92 Å². The van der Waals surface area contributed by atoms with Gasteiger partial charge in [0.05, 0.1) is 11.4 Å². The molecule has 0 aromatic carbocycles. The summed E-state index contributed by atoms with van der Waals surface area (Å²) in [5, 5.41) is 13.4. The van der Waals surface area contributed by atoms with Crippen molar-refractivity contribution in [3.8, 4) is 0 Å². The molecule has 0 fully saturated rings. The summed E-state index contributed by atoms with van der Waals surface area (Å²) in [5.41, 5.74) is 2.91. The van der Waals surface area contributed by atoms with E-state index in [4.69, 9.17) is 5.11 Å². The number of rotatable bonds is 3. The molecule has 0 amide bonds. The summed E-state index contributed by atoms with van der Waals surface area (Å²) >= 11 is 0. The van der Waals surface area contributed by atoms with Crippen molar-refractivity contribution >= 4 is 5.65 Å². The molecule has 2 aromatic heterocycles. The van der Waals surface area contributed by atoms with E-state index in [1.165, 1.54) is 0 Å². The SMILES string of the molecule is Cc1c(CCO)c(=O)[nH]c2cc(C(C)C)nn12. The van der Waals surface area contributed by atoms with Gasteiger partial charge in [0.25, 0.3) is 5.56 Å². The van der Waals surface area contributed by atoms with Crippen molar-refractivity contribution in [1.82, 2.24) is 14.6 Å². The Kier molecular flexibility index (Phi) is 3.02. The first-order valence-electron chi connectivity index (χ1n) is 5.77. The minimum absolute atomic E-state index is 0.0340. The number of hydrogen-bond acceptors (Lipinski definition) is 3. The van der Waals surface area contributed by atoms with Gasteiger partial charge in [-0.15, -0.1) is 0 Å². The van der Waals surface area contributed by atoms with Crippen molar-refractivity contribution in [3.05, 3.63) is 33.4 Å². The Morgan fingerprint density at radius 2 is 2.24 bits per heavy atom. The summed E-state index contributed by atoms with van der Waals surface area (Å²) in [6, 6.07) is 1.89. The van der Waals surface area contributed by atoms with Gasteiger partial charge in [-0.3, -0.25) is 4.79 Å². The van der Waals surface area contributed by atoms with Crippen molar-refractivity contribution in [2.45, 2.75) is 33.1 Å². The monoisotopic (exact) mass is 235 g/mol. The van der Waals surface area contributed by atoms with Crippen molar-refractivity contribution in [2.75, 3.05) is 6.61 Å². The van der Waals surface area contributed by atoms with Crippen LogP contribution < -0.4 is 5.56 Å². The van der Waals surface area contributed by atoms with Gasteiger partial charge in [0.15, 0.2) is 0 Å². The van der Waals surface area contributed by atoms with Gasteiger partial charge in [-0.2, -0.15) is 5.10 Å². The third-order valence-corrected chi connectivity index (χ3v) is 2.95. The van der Waals surface area contributed by atoms with Crippen LogP contribution in [-0.4, -0.2) is 26.3 Å². The molecule has 2 aromatic rings. The molecule has 0 aliphatic carbocycles. The van der Waals surface area contributed by atoms with Gasteiger partial charge in [0.1, 0.15) is 5.65 Å². The van der Waals surface area contributed by atoms with Gasteiger partial charge in [-0.25, -0.2) is 4.52 Å². The molecule has 92 valence electrons. The Bertz CT molecular complexity index is 596. The maximum absolute atomic E-state index is 11.8. The summed E-state index contributed by atoms with van der Waals surface area (Å²) in [6.45, 7) is 5.94. The third kappa shape index (κ3) is 1.98. The number of aromatic amines is 1. The van der Waals surface area contributed by atoms with E-state index >= 15 is 0 Å². The molecule has 2 N–H and O–H groups in total. The van der Waals surface area contributed by atoms with Crippen LogP contribution in [0.1, 0.15) is 36.7 Å². The van der Waals surface area contributed by atoms with E-state index in [1.54, 1.807) is 4.52 Å². The predicted molar refractivity (Wildman–Crippen MR) is 65.4 cm³/mol. The number of aliphatic hydroxyl groups excluding tert-OH is 1. The maximum atomic E-state index is 11.8. The zero-order valence-corrected chi connectivity index (χ0v) is 10.3. The lowest BCUT2D eigenvalue weighted by Gasteiger charge is -2.05. The highest BCUT2D eigenvalue weighted by Gasteiger charge is 2.12. The quantitative estimate of drug-likeness (QED) is 0.833. The lowest BCUT2D eigenvalue weighted by Crippen LogP contribution is -2.19. The second-order valence-electron chi connectivity index (χ2n) is 4.51. The first kappa shape index (κ1) is 11.9. The predicted octanol–water partition coefficient (Wildman–Crippen LogP) is 0.989. The molecule has 2 rings (SSSR count). The van der Waals surface area contributed by atoms with Gasteiger partial charge in [0.2, 0.25) is 0 Å². The second kappa shape index (κ2) is 4.33. The average molecular weight is 235 g/mol. The number of aliphatic hydroxyl groups is 1. The molecule has 5 heteroatoms. The molecule has 5 nitrogen and oxygen atoms in total. The molecule has 0 spiro atoms. The van der Waals surface area contributed by atoms with Gasteiger partial charge in [0, 0.05) is 24.7 Å².